The van der Waals surface area contributed by atoms with E-state index >= 15 is 0 Å². The quantitative estimate of drug-likeness (QED) is 0.331. The van der Waals surface area contributed by atoms with E-state index < -0.39 is 0 Å². The maximum Gasteiger partial charge on any atom is 0.272 e. The van der Waals surface area contributed by atoms with Crippen LogP contribution in [0.1, 0.15) is 18.4 Å². The topological polar surface area (TPSA) is 86.1 Å². The maximum absolute atomic E-state index is 13.4. The predicted octanol–water partition coefficient (Wildman–Crippen LogP) is 3.59. The second-order valence-electron chi connectivity index (χ2n) is 7.63. The van der Waals surface area contributed by atoms with Gasteiger partial charge in [0.25, 0.3) is 5.56 Å². The van der Waals surface area contributed by atoms with Crippen molar-refractivity contribution in [3.63, 3.8) is 0 Å². The van der Waals surface area contributed by atoms with Crippen molar-refractivity contribution < 1.29 is 9.53 Å². The Labute approximate surface area is 192 Å². The Kier molecular flexibility index (Phi) is 6.20. The third-order valence-electron chi connectivity index (χ3n) is 5.39. The van der Waals surface area contributed by atoms with Crippen molar-refractivity contribution in [2.24, 2.45) is 0 Å². The number of pyridine rings is 1. The van der Waals surface area contributed by atoms with Gasteiger partial charge in [0.15, 0.2) is 5.16 Å². The molecule has 9 heteroatoms. The Morgan fingerprint density at radius 1 is 1.25 bits per heavy atom. The molecule has 1 saturated heterocycles. The molecule has 0 bridgehead atoms. The number of nitrogens with one attached hydrogen (secondary N) is 1. The number of fused-ring (bicyclic) bond motifs is 3. The van der Waals surface area contributed by atoms with E-state index in [1.165, 1.54) is 23.1 Å². The molecule has 1 fully saturated rings. The molecular formula is C23H22N4O3S2. The summed E-state index contributed by atoms with van der Waals surface area (Å²) in [6.45, 7) is 1.62. The van der Waals surface area contributed by atoms with Crippen LogP contribution in [0.3, 0.4) is 0 Å². The lowest BCUT2D eigenvalue weighted by atomic mass is 10.2. The molecule has 164 valence electrons. The van der Waals surface area contributed by atoms with Crippen LogP contribution in [0, 0.1) is 0 Å². The fraction of sp³-hybridized carbons (Fsp3) is 0.304. The minimum Gasteiger partial charge on any atom is -0.376 e. The number of carbonyl (C=O) groups excluding carboxylic acids is 1. The largest absolute Gasteiger partial charge is 0.376 e. The van der Waals surface area contributed by atoms with Gasteiger partial charge in [-0.2, -0.15) is 0 Å². The number of thioether (sulfide) groups is 1. The molecule has 1 atom stereocenters. The molecule has 1 aliphatic heterocycles. The van der Waals surface area contributed by atoms with Crippen LogP contribution in [0.25, 0.3) is 20.4 Å². The number of benzene rings is 1. The summed E-state index contributed by atoms with van der Waals surface area (Å²) in [7, 11) is 0. The number of nitrogens with zero attached hydrogens (tertiary/aromatic N) is 3. The lowest BCUT2D eigenvalue weighted by molar-refractivity contribution is -0.118. The first-order chi connectivity index (χ1) is 15.7. The Hall–Kier alpha value is -2.75. The smallest absolute Gasteiger partial charge is 0.272 e. The minimum atomic E-state index is -0.103. The van der Waals surface area contributed by atoms with Crippen LogP contribution in [0.2, 0.25) is 0 Å². The molecule has 7 nitrogen and oxygen atoms in total. The molecule has 1 amide bonds. The molecule has 4 heterocycles. The maximum atomic E-state index is 13.4. The molecule has 1 N–H and O–H groups in total. The normalized spacial score (nSPS) is 16.1. The van der Waals surface area contributed by atoms with Gasteiger partial charge in [-0.3, -0.25) is 14.2 Å². The molecule has 0 radical (unpaired) electrons. The SMILES string of the molecule is O=C(CSc1nc2c(sc3ncccc32)c(=O)n1CC1CCCO1)NCc1ccccc1. The van der Waals surface area contributed by atoms with Gasteiger partial charge in [0.1, 0.15) is 9.53 Å². The van der Waals surface area contributed by atoms with Crippen molar-refractivity contribution in [1.82, 2.24) is 19.9 Å². The van der Waals surface area contributed by atoms with E-state index in [0.717, 1.165) is 28.6 Å². The fourth-order valence-electron chi connectivity index (χ4n) is 3.78. The van der Waals surface area contributed by atoms with Crippen molar-refractivity contribution in [3.05, 3.63) is 64.6 Å². The second kappa shape index (κ2) is 9.40. The molecule has 32 heavy (non-hydrogen) atoms. The van der Waals surface area contributed by atoms with Gasteiger partial charge in [-0.25, -0.2) is 9.97 Å². The number of thiophene rings is 1. The van der Waals surface area contributed by atoms with E-state index in [2.05, 4.69) is 10.3 Å². The average Bonchev–Trinajstić information content (AvgIpc) is 3.47. The first kappa shape index (κ1) is 21.1. The van der Waals surface area contributed by atoms with Gasteiger partial charge >= 0.3 is 0 Å². The highest BCUT2D eigenvalue weighted by Crippen LogP contribution is 2.30. The summed E-state index contributed by atoms with van der Waals surface area (Å²) in [4.78, 5) is 35.9. The van der Waals surface area contributed by atoms with E-state index in [1.54, 1.807) is 10.8 Å². The van der Waals surface area contributed by atoms with Crippen LogP contribution >= 0.6 is 23.1 Å². The molecule has 0 saturated carbocycles. The Morgan fingerprint density at radius 3 is 2.94 bits per heavy atom. The van der Waals surface area contributed by atoms with Crippen LogP contribution < -0.4 is 10.9 Å². The predicted molar refractivity (Wildman–Crippen MR) is 127 cm³/mol. The highest BCUT2D eigenvalue weighted by molar-refractivity contribution is 7.99. The van der Waals surface area contributed by atoms with Crippen molar-refractivity contribution in [1.29, 1.82) is 0 Å². The monoisotopic (exact) mass is 466 g/mol. The third kappa shape index (κ3) is 4.41. The van der Waals surface area contributed by atoms with Crippen molar-refractivity contribution in [3.8, 4) is 0 Å². The second-order valence-corrected chi connectivity index (χ2v) is 9.57. The number of hydrogen-bond donors (Lipinski definition) is 1. The zero-order valence-corrected chi connectivity index (χ0v) is 19.0. The number of aromatic nitrogens is 3. The Balaban J connectivity index is 1.42. The number of carbonyl (C=O) groups is 1. The molecule has 0 aliphatic carbocycles. The van der Waals surface area contributed by atoms with Gasteiger partial charge in [-0.15, -0.1) is 11.3 Å². The first-order valence-corrected chi connectivity index (χ1v) is 12.3. The van der Waals surface area contributed by atoms with Gasteiger partial charge in [0.05, 0.1) is 23.9 Å². The van der Waals surface area contributed by atoms with Gasteiger partial charge in [0.2, 0.25) is 5.91 Å². The van der Waals surface area contributed by atoms with E-state index in [-0.39, 0.29) is 23.3 Å². The molecule has 1 aromatic carbocycles. The Bertz CT molecular complexity index is 1310. The van der Waals surface area contributed by atoms with Gasteiger partial charge < -0.3 is 10.1 Å². The van der Waals surface area contributed by atoms with Crippen LogP contribution in [0.4, 0.5) is 0 Å². The Morgan fingerprint density at radius 2 is 2.12 bits per heavy atom. The summed E-state index contributed by atoms with van der Waals surface area (Å²) >= 11 is 2.65. The fourth-order valence-corrected chi connectivity index (χ4v) is 5.64. The van der Waals surface area contributed by atoms with E-state index in [0.29, 0.717) is 35.1 Å². The van der Waals surface area contributed by atoms with E-state index in [9.17, 15) is 9.59 Å². The van der Waals surface area contributed by atoms with Gasteiger partial charge in [-0.1, -0.05) is 42.1 Å². The highest BCUT2D eigenvalue weighted by atomic mass is 32.2. The number of rotatable bonds is 7. The summed E-state index contributed by atoms with van der Waals surface area (Å²) in [5.41, 5.74) is 1.59. The number of amides is 1. The molecule has 0 spiro atoms. The summed E-state index contributed by atoms with van der Waals surface area (Å²) < 4.78 is 8.03. The van der Waals surface area contributed by atoms with Crippen LogP contribution in [-0.2, 0) is 22.6 Å². The van der Waals surface area contributed by atoms with Gasteiger partial charge in [-0.05, 0) is 30.5 Å². The van der Waals surface area contributed by atoms with Gasteiger partial charge in [0, 0.05) is 24.7 Å². The van der Waals surface area contributed by atoms with Crippen LogP contribution in [-0.4, -0.2) is 38.9 Å². The molecule has 5 rings (SSSR count). The number of hydrogen-bond acceptors (Lipinski definition) is 7. The van der Waals surface area contributed by atoms with Crippen molar-refractivity contribution in [2.45, 2.75) is 37.2 Å². The lowest BCUT2D eigenvalue weighted by Gasteiger charge is -2.15. The first-order valence-electron chi connectivity index (χ1n) is 10.5. The molecule has 4 aromatic rings. The average molecular weight is 467 g/mol. The summed E-state index contributed by atoms with van der Waals surface area (Å²) in [6.07, 6.45) is 3.62. The van der Waals surface area contributed by atoms with Crippen LogP contribution in [0.5, 0.6) is 0 Å². The van der Waals surface area contributed by atoms with E-state index in [1.807, 2.05) is 42.5 Å². The van der Waals surface area contributed by atoms with Crippen molar-refractivity contribution in [2.75, 3.05) is 12.4 Å². The highest BCUT2D eigenvalue weighted by Gasteiger charge is 2.22. The summed E-state index contributed by atoms with van der Waals surface area (Å²) in [5.74, 6) is 0.0742. The lowest BCUT2D eigenvalue weighted by Crippen LogP contribution is -2.29. The zero-order valence-electron chi connectivity index (χ0n) is 17.3. The molecular weight excluding hydrogens is 444 g/mol. The molecule has 1 unspecified atom stereocenters. The van der Waals surface area contributed by atoms with Crippen LogP contribution in [0.15, 0.2) is 58.6 Å². The summed E-state index contributed by atoms with van der Waals surface area (Å²) in [6, 6.07) is 13.5. The molecule has 3 aromatic heterocycles. The van der Waals surface area contributed by atoms with E-state index in [4.69, 9.17) is 9.72 Å². The summed E-state index contributed by atoms with van der Waals surface area (Å²) in [5, 5.41) is 4.33. The third-order valence-corrected chi connectivity index (χ3v) is 7.46. The zero-order chi connectivity index (χ0) is 21.9. The number of ether oxygens (including phenoxy) is 1. The molecule has 1 aliphatic rings. The standard InChI is InChI=1S/C23H22N4O3S2/c28-18(25-12-15-6-2-1-3-7-15)14-31-23-26-19-17-9-4-10-24-21(17)32-20(19)22(29)27(23)13-16-8-5-11-30-16/h1-4,6-7,9-10,16H,5,8,11-14H2,(H,25,28). The minimum absolute atomic E-state index is 0.00860. The van der Waals surface area contributed by atoms with Crippen molar-refractivity contribution >= 4 is 49.4 Å².